The van der Waals surface area contributed by atoms with Gasteiger partial charge in [-0.2, -0.15) is 23.0 Å². The lowest BCUT2D eigenvalue weighted by Gasteiger charge is -2.27. The molecule has 1 fully saturated rings. The first kappa shape index (κ1) is 26.1. The first-order chi connectivity index (χ1) is 19.1. The summed E-state index contributed by atoms with van der Waals surface area (Å²) in [4.78, 5) is 19.6. The van der Waals surface area contributed by atoms with Crippen molar-refractivity contribution in [1.82, 2.24) is 14.8 Å². The number of aliphatic hydroxyl groups is 1. The largest absolute Gasteiger partial charge is 0.444 e. The second kappa shape index (κ2) is 9.81. The Morgan fingerprint density at radius 3 is 2.65 bits per heavy atom. The number of hydrogen-bond acceptors (Lipinski definition) is 7. The van der Waals surface area contributed by atoms with E-state index in [1.807, 2.05) is 36.9 Å². The maximum Gasteiger partial charge on any atom is 0.418 e. The van der Waals surface area contributed by atoms with Gasteiger partial charge in [-0.3, -0.25) is 4.79 Å². The highest BCUT2D eigenvalue weighted by Gasteiger charge is 2.36. The van der Waals surface area contributed by atoms with Crippen molar-refractivity contribution in [3.05, 3.63) is 76.0 Å². The lowest BCUT2D eigenvalue weighted by atomic mass is 9.91. The number of benzene rings is 2. The van der Waals surface area contributed by atoms with E-state index in [1.54, 1.807) is 6.20 Å². The van der Waals surface area contributed by atoms with Gasteiger partial charge in [-0.1, -0.05) is 6.92 Å². The Hall–Kier alpha value is -4.12. The summed E-state index contributed by atoms with van der Waals surface area (Å²) in [6.45, 7) is 5.26. The molecule has 2 N–H and O–H groups in total. The Balaban J connectivity index is 1.60. The van der Waals surface area contributed by atoms with Crippen molar-refractivity contribution in [2.24, 2.45) is 5.92 Å². The molecule has 6 rings (SSSR count). The van der Waals surface area contributed by atoms with Crippen LogP contribution in [0, 0.1) is 12.8 Å². The van der Waals surface area contributed by atoms with Gasteiger partial charge in [-0.15, -0.1) is 0 Å². The maximum atomic E-state index is 14.3. The molecule has 2 aliphatic heterocycles. The van der Waals surface area contributed by atoms with E-state index in [1.165, 1.54) is 18.5 Å². The highest BCUT2D eigenvalue weighted by atomic mass is 19.4. The van der Waals surface area contributed by atoms with Crippen LogP contribution in [-0.2, 0) is 12.6 Å². The molecular weight excluding hydrogens is 523 g/mol. The number of oxazole rings is 1. The van der Waals surface area contributed by atoms with Crippen molar-refractivity contribution in [1.29, 1.82) is 0 Å². The van der Waals surface area contributed by atoms with Crippen LogP contribution in [0.25, 0.3) is 28.3 Å². The van der Waals surface area contributed by atoms with Gasteiger partial charge in [0.15, 0.2) is 12.2 Å². The highest BCUT2D eigenvalue weighted by Crippen LogP contribution is 2.38. The monoisotopic (exact) mass is 551 g/mol. The Morgan fingerprint density at radius 1 is 1.15 bits per heavy atom. The summed E-state index contributed by atoms with van der Waals surface area (Å²) in [5.41, 5.74) is 2.14. The number of halogens is 3. The van der Waals surface area contributed by atoms with E-state index in [0.717, 1.165) is 21.9 Å². The minimum Gasteiger partial charge on any atom is -0.444 e. The number of fused-ring (bicyclic) bond motifs is 1. The predicted octanol–water partition coefficient (Wildman–Crippen LogP) is 5.06. The van der Waals surface area contributed by atoms with Crippen LogP contribution in [0.3, 0.4) is 0 Å². The van der Waals surface area contributed by atoms with Gasteiger partial charge in [0, 0.05) is 42.0 Å². The number of aromatic nitrogens is 3. The molecule has 2 aliphatic rings. The number of nitrogens with one attached hydrogen (secondary N) is 1. The van der Waals surface area contributed by atoms with Crippen LogP contribution < -0.4 is 15.8 Å². The molecule has 2 atom stereocenters. The summed E-state index contributed by atoms with van der Waals surface area (Å²) in [7, 11) is 0. The number of anilines is 2. The average molecular weight is 552 g/mol. The molecule has 0 amide bonds. The Morgan fingerprint density at radius 2 is 1.95 bits per heavy atom. The number of hydrogen-bond donors (Lipinski definition) is 2. The number of aryl methyl sites for hydroxylation is 1. The second-order valence-electron chi connectivity index (χ2n) is 10.7. The van der Waals surface area contributed by atoms with Gasteiger partial charge in [-0.05, 0) is 67.6 Å². The fourth-order valence-electron chi connectivity index (χ4n) is 5.56. The number of aliphatic hydroxyl groups excluding tert-OH is 1. The van der Waals surface area contributed by atoms with Crippen LogP contribution in [0.4, 0.5) is 24.5 Å². The molecule has 0 spiro atoms. The van der Waals surface area contributed by atoms with Gasteiger partial charge in [-0.25, -0.2) is 4.98 Å². The van der Waals surface area contributed by atoms with Gasteiger partial charge in [0.05, 0.1) is 29.2 Å². The molecule has 0 saturated carbocycles. The first-order valence-corrected chi connectivity index (χ1v) is 13.1. The first-order valence-electron chi connectivity index (χ1n) is 13.1. The summed E-state index contributed by atoms with van der Waals surface area (Å²) in [6.07, 6.45) is -1.31. The second-order valence-corrected chi connectivity index (χ2v) is 10.7. The Kier molecular flexibility index (Phi) is 6.41. The van der Waals surface area contributed by atoms with Gasteiger partial charge >= 0.3 is 6.18 Å². The average Bonchev–Trinajstić information content (AvgIpc) is 3.60. The molecule has 2 aromatic heterocycles. The Bertz CT molecular complexity index is 1630. The van der Waals surface area contributed by atoms with Crippen molar-refractivity contribution >= 4 is 11.4 Å². The van der Waals surface area contributed by atoms with Gasteiger partial charge in [0.25, 0.3) is 5.56 Å². The molecule has 4 aromatic rings. The zero-order valence-corrected chi connectivity index (χ0v) is 22.0. The van der Waals surface area contributed by atoms with Gasteiger partial charge in [0.2, 0.25) is 0 Å². The molecule has 0 radical (unpaired) electrons. The van der Waals surface area contributed by atoms with E-state index in [4.69, 9.17) is 4.42 Å². The molecule has 2 unspecified atom stereocenters. The summed E-state index contributed by atoms with van der Waals surface area (Å²) < 4.78 is 49.2. The van der Waals surface area contributed by atoms with Gasteiger partial charge < -0.3 is 19.7 Å². The number of rotatable bonds is 4. The van der Waals surface area contributed by atoms with E-state index in [9.17, 15) is 23.1 Å². The van der Waals surface area contributed by atoms with E-state index >= 15 is 0 Å². The van der Waals surface area contributed by atoms with Crippen LogP contribution in [0.15, 0.2) is 58.2 Å². The topological polar surface area (TPSA) is 96.4 Å². The van der Waals surface area contributed by atoms with Crippen LogP contribution in [0.1, 0.15) is 30.0 Å². The molecule has 0 bridgehead atoms. The van der Waals surface area contributed by atoms with Gasteiger partial charge in [0.1, 0.15) is 5.69 Å². The summed E-state index contributed by atoms with van der Waals surface area (Å²) in [6, 6.07) is 9.35. The van der Waals surface area contributed by atoms with Crippen molar-refractivity contribution in [2.75, 3.05) is 29.9 Å². The molecule has 11 heteroatoms. The third-order valence-electron chi connectivity index (χ3n) is 7.48. The zero-order chi connectivity index (χ0) is 28.2. The quantitative estimate of drug-likeness (QED) is 0.366. The number of β-amino-alcohol motifs (C(OH)–C–C–N with tert-alkyl or cyclic N) is 1. The third kappa shape index (κ3) is 4.74. The summed E-state index contributed by atoms with van der Waals surface area (Å²) >= 11 is 0. The molecule has 208 valence electrons. The van der Waals surface area contributed by atoms with E-state index in [-0.39, 0.29) is 17.3 Å². The van der Waals surface area contributed by atoms with Crippen LogP contribution in [0.2, 0.25) is 0 Å². The predicted molar refractivity (Wildman–Crippen MR) is 145 cm³/mol. The lowest BCUT2D eigenvalue weighted by Crippen LogP contribution is -2.34. The lowest BCUT2D eigenvalue weighted by molar-refractivity contribution is -0.137. The molecule has 1 saturated heterocycles. The van der Waals surface area contributed by atoms with Crippen molar-refractivity contribution in [3.63, 3.8) is 0 Å². The fourth-order valence-corrected chi connectivity index (χ4v) is 5.56. The smallest absolute Gasteiger partial charge is 0.418 e. The Labute approximate surface area is 228 Å². The molecule has 4 heterocycles. The normalized spacial score (nSPS) is 19.0. The maximum absolute atomic E-state index is 14.3. The van der Waals surface area contributed by atoms with E-state index in [0.29, 0.717) is 60.7 Å². The zero-order valence-electron chi connectivity index (χ0n) is 22.0. The van der Waals surface area contributed by atoms with Crippen LogP contribution in [-0.4, -0.2) is 45.6 Å². The van der Waals surface area contributed by atoms with E-state index < -0.39 is 23.4 Å². The fraction of sp³-hybridized carbons (Fsp3) is 0.345. The van der Waals surface area contributed by atoms with Crippen LogP contribution in [0.5, 0.6) is 0 Å². The molecule has 40 heavy (non-hydrogen) atoms. The molecule has 2 aromatic carbocycles. The molecule has 8 nitrogen and oxygen atoms in total. The summed E-state index contributed by atoms with van der Waals surface area (Å²) in [5.74, 6) is 0.732. The highest BCUT2D eigenvalue weighted by molar-refractivity contribution is 5.76. The standard InChI is InChI=1S/C29H28F3N5O3/c1-16-7-18(25-13-33-15-40-25)10-19(8-16)26-22-9-17(2)12-34-27(22)28(39)37(35-26)24-11-20(36-6-5-21(38)14-36)3-4-23(24)29(30,31)32/h3-4,7-8,10-11,13,15,17,21,34,38H,5-6,9,12,14H2,1-2H3. The third-order valence-corrected chi connectivity index (χ3v) is 7.48. The van der Waals surface area contributed by atoms with Crippen molar-refractivity contribution in [3.8, 4) is 28.3 Å². The minimum atomic E-state index is -4.72. The van der Waals surface area contributed by atoms with Crippen molar-refractivity contribution in [2.45, 2.75) is 39.0 Å². The number of alkyl halides is 3. The summed E-state index contributed by atoms with van der Waals surface area (Å²) in [5, 5.41) is 17.8. The van der Waals surface area contributed by atoms with Crippen molar-refractivity contribution < 1.29 is 22.7 Å². The minimum absolute atomic E-state index is 0.192. The molecule has 0 aliphatic carbocycles. The number of nitrogens with zero attached hydrogens (tertiary/aromatic N) is 4. The van der Waals surface area contributed by atoms with Crippen LogP contribution >= 0.6 is 0 Å². The SMILES string of the molecule is Cc1cc(-c2cnco2)cc(-c2nn(-c3cc(N4CCC(O)C4)ccc3C(F)(F)F)c(=O)c3c2CC(C)CN3)c1. The molecular formula is C29H28F3N5O3. The van der Waals surface area contributed by atoms with E-state index in [2.05, 4.69) is 15.4 Å².